The summed E-state index contributed by atoms with van der Waals surface area (Å²) in [5.41, 5.74) is 3.68. The van der Waals surface area contributed by atoms with Crippen molar-refractivity contribution in [3.63, 3.8) is 0 Å². The van der Waals surface area contributed by atoms with E-state index in [1.807, 2.05) is 0 Å². The Morgan fingerprint density at radius 2 is 2.40 bits per heavy atom. The van der Waals surface area contributed by atoms with Crippen LogP contribution in [0.4, 0.5) is 0 Å². The lowest BCUT2D eigenvalue weighted by molar-refractivity contribution is 0.357. The number of benzene rings is 1. The molecule has 2 N–H and O–H groups in total. The lowest BCUT2D eigenvalue weighted by Gasteiger charge is -2.15. The number of nitrogens with zero attached hydrogens (tertiary/aromatic N) is 2. The van der Waals surface area contributed by atoms with Gasteiger partial charge in [-0.1, -0.05) is 19.1 Å². The van der Waals surface area contributed by atoms with Crippen molar-refractivity contribution in [3.8, 4) is 5.75 Å². The fraction of sp³-hybridized carbons (Fsp3) is 0.467. The molecule has 2 aromatic rings. The molecule has 1 unspecified atom stereocenters. The van der Waals surface area contributed by atoms with Crippen LogP contribution in [0.5, 0.6) is 5.75 Å². The molecule has 1 atom stereocenters. The maximum Gasteiger partial charge on any atom is 0.122 e. The lowest BCUT2D eigenvalue weighted by Crippen LogP contribution is -2.21. The zero-order chi connectivity index (χ0) is 13.8. The van der Waals surface area contributed by atoms with Crippen LogP contribution in [0.25, 0.3) is 0 Å². The van der Waals surface area contributed by atoms with Crippen molar-refractivity contribution in [2.75, 3.05) is 13.2 Å². The third-order valence-electron chi connectivity index (χ3n) is 3.72. The Kier molecular flexibility index (Phi) is 3.97. The molecule has 0 aliphatic carbocycles. The average Bonchev–Trinajstić information content (AvgIpc) is 3.13. The number of hydrogen-bond acceptors (Lipinski definition) is 4. The van der Waals surface area contributed by atoms with Gasteiger partial charge < -0.3 is 10.1 Å². The minimum atomic E-state index is 0.253. The molecule has 1 aliphatic heterocycles. The number of rotatable bonds is 6. The van der Waals surface area contributed by atoms with Crippen LogP contribution in [-0.4, -0.2) is 28.6 Å². The highest BCUT2D eigenvalue weighted by Gasteiger charge is 2.15. The first kappa shape index (κ1) is 13.1. The molecule has 0 bridgehead atoms. The highest BCUT2D eigenvalue weighted by atomic mass is 16.5. The largest absolute Gasteiger partial charge is 0.493 e. The van der Waals surface area contributed by atoms with E-state index in [1.54, 1.807) is 6.20 Å². The summed E-state index contributed by atoms with van der Waals surface area (Å²) in [6.45, 7) is 3.85. The Bertz CT molecular complexity index is 553. The standard InChI is InChI=1S/C15H20N4O/c1-2-16-13(14-10-17-19-18-14)5-3-11-4-6-15-12(9-11)7-8-20-15/h4,6,9-10,13,16H,2-3,5,7-8H2,1H3,(H,17,18,19). The second kappa shape index (κ2) is 6.05. The number of hydrogen-bond donors (Lipinski definition) is 2. The molecule has 20 heavy (non-hydrogen) atoms. The van der Waals surface area contributed by atoms with Crippen LogP contribution in [0.2, 0.25) is 0 Å². The Balaban J connectivity index is 1.65. The minimum absolute atomic E-state index is 0.253. The molecule has 106 valence electrons. The summed E-state index contributed by atoms with van der Waals surface area (Å²) in [4.78, 5) is 0. The molecule has 0 spiro atoms. The van der Waals surface area contributed by atoms with Crippen LogP contribution < -0.4 is 10.1 Å². The molecule has 0 amide bonds. The first-order valence-corrected chi connectivity index (χ1v) is 7.20. The molecule has 5 nitrogen and oxygen atoms in total. The number of H-pyrrole nitrogens is 1. The quantitative estimate of drug-likeness (QED) is 0.844. The number of ether oxygens (including phenoxy) is 1. The van der Waals surface area contributed by atoms with Gasteiger partial charge in [0.1, 0.15) is 5.75 Å². The van der Waals surface area contributed by atoms with E-state index in [9.17, 15) is 0 Å². The maximum absolute atomic E-state index is 5.54. The van der Waals surface area contributed by atoms with E-state index in [-0.39, 0.29) is 6.04 Å². The van der Waals surface area contributed by atoms with Crippen molar-refractivity contribution < 1.29 is 4.74 Å². The van der Waals surface area contributed by atoms with Crippen molar-refractivity contribution in [2.24, 2.45) is 0 Å². The van der Waals surface area contributed by atoms with Crippen molar-refractivity contribution in [1.29, 1.82) is 0 Å². The predicted octanol–water partition coefficient (Wildman–Crippen LogP) is 2.02. The minimum Gasteiger partial charge on any atom is -0.493 e. The van der Waals surface area contributed by atoms with Gasteiger partial charge in [-0.25, -0.2) is 0 Å². The van der Waals surface area contributed by atoms with Gasteiger partial charge in [0.15, 0.2) is 0 Å². The van der Waals surface area contributed by atoms with E-state index in [4.69, 9.17) is 4.74 Å². The molecular weight excluding hydrogens is 252 g/mol. The van der Waals surface area contributed by atoms with Gasteiger partial charge in [-0.15, -0.1) is 0 Å². The topological polar surface area (TPSA) is 62.8 Å². The number of aryl methyl sites for hydroxylation is 1. The number of aromatic amines is 1. The molecule has 1 aromatic carbocycles. The van der Waals surface area contributed by atoms with E-state index < -0.39 is 0 Å². The normalized spacial score (nSPS) is 14.8. The predicted molar refractivity (Wildman–Crippen MR) is 76.8 cm³/mol. The van der Waals surface area contributed by atoms with Gasteiger partial charge in [0.2, 0.25) is 0 Å². The van der Waals surface area contributed by atoms with Gasteiger partial charge in [-0.2, -0.15) is 15.4 Å². The van der Waals surface area contributed by atoms with Crippen molar-refractivity contribution in [3.05, 3.63) is 41.2 Å². The van der Waals surface area contributed by atoms with E-state index in [1.165, 1.54) is 11.1 Å². The molecular formula is C15H20N4O. The zero-order valence-electron chi connectivity index (χ0n) is 11.7. The number of nitrogens with one attached hydrogen (secondary N) is 2. The van der Waals surface area contributed by atoms with Gasteiger partial charge in [0.25, 0.3) is 0 Å². The van der Waals surface area contributed by atoms with Crippen molar-refractivity contribution in [1.82, 2.24) is 20.7 Å². The van der Waals surface area contributed by atoms with Gasteiger partial charge in [0.05, 0.1) is 24.5 Å². The summed E-state index contributed by atoms with van der Waals surface area (Å²) in [6.07, 6.45) is 4.87. The van der Waals surface area contributed by atoms with Crippen LogP contribution in [0, 0.1) is 0 Å². The highest BCUT2D eigenvalue weighted by molar-refractivity contribution is 5.39. The van der Waals surface area contributed by atoms with Crippen LogP contribution in [0.1, 0.15) is 36.2 Å². The second-order valence-electron chi connectivity index (χ2n) is 5.08. The third-order valence-corrected chi connectivity index (χ3v) is 3.72. The SMILES string of the molecule is CCNC(CCc1ccc2c(c1)CCO2)c1cn[nH]n1. The van der Waals surface area contributed by atoms with Crippen LogP contribution in [-0.2, 0) is 12.8 Å². The average molecular weight is 272 g/mol. The first-order chi connectivity index (χ1) is 9.86. The van der Waals surface area contributed by atoms with Crippen LogP contribution in [0.3, 0.4) is 0 Å². The third kappa shape index (κ3) is 2.82. The summed E-state index contributed by atoms with van der Waals surface area (Å²) in [7, 11) is 0. The summed E-state index contributed by atoms with van der Waals surface area (Å²) in [5, 5.41) is 14.2. The molecule has 2 heterocycles. The van der Waals surface area contributed by atoms with Crippen LogP contribution in [0.15, 0.2) is 24.4 Å². The summed E-state index contributed by atoms with van der Waals surface area (Å²) in [6, 6.07) is 6.78. The number of aromatic nitrogens is 3. The Morgan fingerprint density at radius 1 is 1.45 bits per heavy atom. The van der Waals surface area contributed by atoms with E-state index in [0.29, 0.717) is 0 Å². The van der Waals surface area contributed by atoms with Crippen molar-refractivity contribution >= 4 is 0 Å². The molecule has 3 rings (SSSR count). The smallest absolute Gasteiger partial charge is 0.122 e. The van der Waals surface area contributed by atoms with Crippen molar-refractivity contribution in [2.45, 2.75) is 32.2 Å². The van der Waals surface area contributed by atoms with E-state index in [2.05, 4.69) is 45.9 Å². The van der Waals surface area contributed by atoms with Gasteiger partial charge in [-0.3, -0.25) is 0 Å². The molecule has 0 saturated carbocycles. The van der Waals surface area contributed by atoms with Gasteiger partial charge in [-0.05, 0) is 36.6 Å². The Morgan fingerprint density at radius 3 is 3.20 bits per heavy atom. The van der Waals surface area contributed by atoms with Gasteiger partial charge in [0, 0.05) is 6.42 Å². The zero-order valence-corrected chi connectivity index (χ0v) is 11.7. The van der Waals surface area contributed by atoms with E-state index >= 15 is 0 Å². The molecule has 0 radical (unpaired) electrons. The second-order valence-corrected chi connectivity index (χ2v) is 5.08. The molecule has 1 aliphatic rings. The first-order valence-electron chi connectivity index (χ1n) is 7.20. The van der Waals surface area contributed by atoms with Gasteiger partial charge >= 0.3 is 0 Å². The number of fused-ring (bicyclic) bond motifs is 1. The Hall–Kier alpha value is -1.88. The molecule has 1 aromatic heterocycles. The Labute approximate surface area is 118 Å². The summed E-state index contributed by atoms with van der Waals surface area (Å²) in [5.74, 6) is 1.05. The molecule has 0 fully saturated rings. The highest BCUT2D eigenvalue weighted by Crippen LogP contribution is 2.27. The fourth-order valence-electron chi connectivity index (χ4n) is 2.69. The molecule has 0 saturated heterocycles. The lowest BCUT2D eigenvalue weighted by atomic mass is 10.0. The maximum atomic E-state index is 5.54. The molecule has 5 heteroatoms. The fourth-order valence-corrected chi connectivity index (χ4v) is 2.69. The van der Waals surface area contributed by atoms with E-state index in [0.717, 1.165) is 43.9 Å². The summed E-state index contributed by atoms with van der Waals surface area (Å²) >= 11 is 0. The monoisotopic (exact) mass is 272 g/mol. The summed E-state index contributed by atoms with van der Waals surface area (Å²) < 4.78 is 5.54. The van der Waals surface area contributed by atoms with Crippen LogP contribution >= 0.6 is 0 Å².